The molecule has 2 N–H and O–H groups in total. The van der Waals surface area contributed by atoms with Gasteiger partial charge < -0.3 is 15.4 Å². The maximum Gasteiger partial charge on any atom is 0.262 e. The number of ether oxygens (including phenoxy) is 1. The van der Waals surface area contributed by atoms with Gasteiger partial charge in [0.1, 0.15) is 5.75 Å². The molecule has 170 valence electrons. The number of nitrogens with zero attached hydrogens (tertiary/aromatic N) is 1. The lowest BCUT2D eigenvalue weighted by atomic mass is 9.94. The standard InChI is InChI=1S/C22H31N3O5S/c26-21-15-30-20-14-18(8-9-19(20)24-21)31(28,29)25-12-10-16(11-13-25)22(27)23-17-6-4-2-1-3-5-7-17/h8-9,14,16-17H,1-7,10-13,15H2,(H,23,27)(H,24,26). The molecule has 1 aromatic rings. The second kappa shape index (κ2) is 9.56. The number of hydrogen-bond donors (Lipinski definition) is 2. The first-order chi connectivity index (χ1) is 14.9. The minimum Gasteiger partial charge on any atom is -0.482 e. The smallest absolute Gasteiger partial charge is 0.262 e. The number of hydrogen-bond acceptors (Lipinski definition) is 5. The van der Waals surface area contributed by atoms with Gasteiger partial charge in [-0.05, 0) is 37.8 Å². The number of benzene rings is 1. The predicted octanol–water partition coefficient (Wildman–Crippen LogP) is 2.65. The summed E-state index contributed by atoms with van der Waals surface area (Å²) in [4.78, 5) is 24.3. The summed E-state index contributed by atoms with van der Waals surface area (Å²) in [5.74, 6) is 0.0245. The van der Waals surface area contributed by atoms with E-state index >= 15 is 0 Å². The summed E-state index contributed by atoms with van der Waals surface area (Å²) in [6.45, 7) is 0.511. The zero-order valence-electron chi connectivity index (χ0n) is 17.8. The van der Waals surface area contributed by atoms with Crippen LogP contribution in [-0.4, -0.2) is 50.3 Å². The Kier molecular flexibility index (Phi) is 6.81. The highest BCUT2D eigenvalue weighted by molar-refractivity contribution is 7.89. The van der Waals surface area contributed by atoms with Gasteiger partial charge in [0.05, 0.1) is 10.6 Å². The molecule has 0 radical (unpaired) electrons. The second-order valence-electron chi connectivity index (χ2n) is 8.72. The lowest BCUT2D eigenvalue weighted by molar-refractivity contribution is -0.127. The summed E-state index contributed by atoms with van der Waals surface area (Å²) in [6.07, 6.45) is 9.22. The van der Waals surface area contributed by atoms with Crippen LogP contribution >= 0.6 is 0 Å². The second-order valence-corrected chi connectivity index (χ2v) is 10.7. The molecule has 0 aromatic heterocycles. The maximum absolute atomic E-state index is 13.1. The minimum atomic E-state index is -3.69. The third-order valence-electron chi connectivity index (χ3n) is 6.50. The molecule has 9 heteroatoms. The van der Waals surface area contributed by atoms with Crippen LogP contribution in [0, 0.1) is 5.92 Å². The summed E-state index contributed by atoms with van der Waals surface area (Å²) in [5, 5.41) is 5.88. The molecule has 8 nitrogen and oxygen atoms in total. The van der Waals surface area contributed by atoms with Gasteiger partial charge in [-0.25, -0.2) is 8.42 Å². The Morgan fingerprint density at radius 1 is 1.03 bits per heavy atom. The van der Waals surface area contributed by atoms with Crippen LogP contribution < -0.4 is 15.4 Å². The van der Waals surface area contributed by atoms with Crippen molar-refractivity contribution in [3.05, 3.63) is 18.2 Å². The van der Waals surface area contributed by atoms with Crippen LogP contribution in [0.15, 0.2) is 23.1 Å². The largest absolute Gasteiger partial charge is 0.482 e. The predicted molar refractivity (Wildman–Crippen MR) is 116 cm³/mol. The van der Waals surface area contributed by atoms with Crippen LogP contribution in [0.25, 0.3) is 0 Å². The topological polar surface area (TPSA) is 105 Å². The number of carbonyl (C=O) groups is 2. The highest BCUT2D eigenvalue weighted by atomic mass is 32.2. The van der Waals surface area contributed by atoms with Crippen molar-refractivity contribution in [3.63, 3.8) is 0 Å². The Balaban J connectivity index is 1.34. The van der Waals surface area contributed by atoms with E-state index in [0.717, 1.165) is 25.7 Å². The van der Waals surface area contributed by atoms with E-state index in [0.29, 0.717) is 37.4 Å². The molecule has 2 fully saturated rings. The molecule has 1 aliphatic carbocycles. The average molecular weight is 450 g/mol. The van der Waals surface area contributed by atoms with Gasteiger partial charge in [-0.2, -0.15) is 4.31 Å². The number of rotatable bonds is 4. The van der Waals surface area contributed by atoms with E-state index in [2.05, 4.69) is 10.6 Å². The Bertz CT molecular complexity index is 917. The number of nitrogens with one attached hydrogen (secondary N) is 2. The number of anilines is 1. The molecule has 2 heterocycles. The molecule has 0 spiro atoms. The van der Waals surface area contributed by atoms with E-state index in [1.54, 1.807) is 6.07 Å². The molecular weight excluding hydrogens is 418 g/mol. The van der Waals surface area contributed by atoms with Crippen LogP contribution in [0.2, 0.25) is 0 Å². The molecule has 0 unspecified atom stereocenters. The molecule has 31 heavy (non-hydrogen) atoms. The SMILES string of the molecule is O=C1COc2cc(S(=O)(=O)N3CCC(C(=O)NC4CCCCCCC4)CC3)ccc2N1. The Labute approximate surface area is 183 Å². The van der Waals surface area contributed by atoms with E-state index in [1.807, 2.05) is 0 Å². The van der Waals surface area contributed by atoms with Crippen LogP contribution in [0.5, 0.6) is 5.75 Å². The monoisotopic (exact) mass is 449 g/mol. The number of carbonyl (C=O) groups excluding carboxylic acids is 2. The maximum atomic E-state index is 13.1. The molecule has 4 rings (SSSR count). The molecule has 2 aliphatic heterocycles. The number of amides is 2. The van der Waals surface area contributed by atoms with Crippen LogP contribution in [0.3, 0.4) is 0 Å². The Morgan fingerprint density at radius 3 is 2.42 bits per heavy atom. The summed E-state index contributed by atoms with van der Waals surface area (Å²) in [7, 11) is -3.69. The molecular formula is C22H31N3O5S. The molecule has 2 amide bonds. The fourth-order valence-electron chi connectivity index (χ4n) is 4.64. The van der Waals surface area contributed by atoms with E-state index in [9.17, 15) is 18.0 Å². The van der Waals surface area contributed by atoms with E-state index < -0.39 is 10.0 Å². The first kappa shape index (κ1) is 22.1. The summed E-state index contributed by atoms with van der Waals surface area (Å²) < 4.78 is 33.0. The van der Waals surface area contributed by atoms with Gasteiger partial charge in [0.2, 0.25) is 15.9 Å². The summed E-state index contributed by atoms with van der Waals surface area (Å²) >= 11 is 0. The van der Waals surface area contributed by atoms with Crippen molar-refractivity contribution in [2.24, 2.45) is 5.92 Å². The van der Waals surface area contributed by atoms with Gasteiger partial charge >= 0.3 is 0 Å². The van der Waals surface area contributed by atoms with Gasteiger partial charge in [-0.15, -0.1) is 0 Å². The van der Waals surface area contributed by atoms with Crippen molar-refractivity contribution in [1.82, 2.24) is 9.62 Å². The third-order valence-corrected chi connectivity index (χ3v) is 8.39. The third kappa shape index (κ3) is 5.20. The summed E-state index contributed by atoms with van der Waals surface area (Å²) in [6, 6.07) is 4.74. The number of fused-ring (bicyclic) bond motifs is 1. The Morgan fingerprint density at radius 2 is 1.71 bits per heavy atom. The number of sulfonamides is 1. The zero-order chi connectivity index (χ0) is 21.8. The molecule has 0 atom stereocenters. The van der Waals surface area contributed by atoms with Crippen molar-refractivity contribution in [1.29, 1.82) is 0 Å². The zero-order valence-corrected chi connectivity index (χ0v) is 18.6. The van der Waals surface area contributed by atoms with Crippen LogP contribution in [0.4, 0.5) is 5.69 Å². The highest BCUT2D eigenvalue weighted by Crippen LogP contribution is 2.32. The minimum absolute atomic E-state index is 0.0699. The van der Waals surface area contributed by atoms with Crippen molar-refractivity contribution in [3.8, 4) is 5.75 Å². The first-order valence-electron chi connectivity index (χ1n) is 11.3. The molecule has 3 aliphatic rings. The lowest BCUT2D eigenvalue weighted by Crippen LogP contribution is -2.45. The van der Waals surface area contributed by atoms with Crippen molar-refractivity contribution < 1.29 is 22.7 Å². The van der Waals surface area contributed by atoms with Crippen molar-refractivity contribution in [2.75, 3.05) is 25.0 Å². The average Bonchev–Trinajstić information content (AvgIpc) is 2.75. The highest BCUT2D eigenvalue weighted by Gasteiger charge is 2.33. The van der Waals surface area contributed by atoms with Crippen LogP contribution in [0.1, 0.15) is 57.8 Å². The van der Waals surface area contributed by atoms with Gasteiger partial charge in [0, 0.05) is 31.1 Å². The lowest BCUT2D eigenvalue weighted by Gasteiger charge is -2.32. The fraction of sp³-hybridized carbons (Fsp3) is 0.636. The quantitative estimate of drug-likeness (QED) is 0.735. The normalized spacial score (nSPS) is 21.9. The number of piperidine rings is 1. The van der Waals surface area contributed by atoms with E-state index in [-0.39, 0.29) is 35.3 Å². The van der Waals surface area contributed by atoms with Crippen molar-refractivity contribution in [2.45, 2.75) is 68.7 Å². The first-order valence-corrected chi connectivity index (χ1v) is 12.7. The molecule has 1 aromatic carbocycles. The van der Waals surface area contributed by atoms with Gasteiger partial charge in [0.25, 0.3) is 5.91 Å². The van der Waals surface area contributed by atoms with Gasteiger partial charge in [0.15, 0.2) is 6.61 Å². The van der Waals surface area contributed by atoms with Gasteiger partial charge in [-0.1, -0.05) is 32.1 Å². The van der Waals surface area contributed by atoms with Crippen molar-refractivity contribution >= 4 is 27.5 Å². The van der Waals surface area contributed by atoms with Crippen LogP contribution in [-0.2, 0) is 19.6 Å². The molecule has 0 bridgehead atoms. The fourth-order valence-corrected chi connectivity index (χ4v) is 6.13. The van der Waals surface area contributed by atoms with Gasteiger partial charge in [-0.3, -0.25) is 9.59 Å². The van der Waals surface area contributed by atoms with E-state index in [4.69, 9.17) is 4.74 Å². The molecule has 1 saturated heterocycles. The summed E-state index contributed by atoms with van der Waals surface area (Å²) in [5.41, 5.74) is 0.472. The van der Waals surface area contributed by atoms with E-state index in [1.165, 1.54) is 35.7 Å². The molecule has 1 saturated carbocycles. The Hall–Kier alpha value is -2.13.